The fourth-order valence-corrected chi connectivity index (χ4v) is 3.73. The van der Waals surface area contributed by atoms with E-state index in [-0.39, 0.29) is 5.91 Å². The van der Waals surface area contributed by atoms with E-state index < -0.39 is 6.04 Å². The van der Waals surface area contributed by atoms with Gasteiger partial charge >= 0.3 is 0 Å². The molecule has 1 fully saturated rings. The Morgan fingerprint density at radius 2 is 1.75 bits per heavy atom. The van der Waals surface area contributed by atoms with E-state index in [9.17, 15) is 4.79 Å². The number of rotatable bonds is 5. The Balaban J connectivity index is 1.48. The van der Waals surface area contributed by atoms with Crippen molar-refractivity contribution in [1.82, 2.24) is 9.78 Å². The Bertz CT molecular complexity index is 882. The maximum Gasteiger partial charge on any atom is 0.253 e. The molecule has 1 atom stereocenters. The first-order chi connectivity index (χ1) is 13.7. The van der Waals surface area contributed by atoms with Gasteiger partial charge in [0.15, 0.2) is 6.04 Å². The van der Waals surface area contributed by atoms with Gasteiger partial charge in [-0.2, -0.15) is 5.10 Å². The first kappa shape index (κ1) is 18.3. The van der Waals surface area contributed by atoms with Crippen LogP contribution < -0.4 is 10.2 Å². The van der Waals surface area contributed by atoms with Crippen LogP contribution in [0.15, 0.2) is 73.1 Å². The minimum atomic E-state index is -0.501. The molecule has 1 unspecified atom stereocenters. The Morgan fingerprint density at radius 1 is 1.04 bits per heavy atom. The Morgan fingerprint density at radius 3 is 2.39 bits per heavy atom. The first-order valence-electron chi connectivity index (χ1n) is 9.90. The summed E-state index contributed by atoms with van der Waals surface area (Å²) in [6.07, 6.45) is 5.98. The Labute approximate surface area is 166 Å². The predicted octanol–water partition coefficient (Wildman–Crippen LogP) is 4.35. The van der Waals surface area contributed by atoms with Crippen LogP contribution in [-0.4, -0.2) is 28.8 Å². The van der Waals surface area contributed by atoms with Gasteiger partial charge in [-0.3, -0.25) is 9.48 Å². The molecular formula is C23H26N4O. The number of hydrogen-bond acceptors (Lipinski definition) is 3. The van der Waals surface area contributed by atoms with E-state index in [1.165, 1.54) is 18.5 Å². The minimum absolute atomic E-state index is 0.102. The average molecular weight is 374 g/mol. The van der Waals surface area contributed by atoms with Crippen LogP contribution in [0, 0.1) is 5.92 Å². The van der Waals surface area contributed by atoms with Crippen molar-refractivity contribution in [3.63, 3.8) is 0 Å². The summed E-state index contributed by atoms with van der Waals surface area (Å²) in [7, 11) is 0. The van der Waals surface area contributed by atoms with Crippen molar-refractivity contribution in [2.75, 3.05) is 23.3 Å². The second-order valence-corrected chi connectivity index (χ2v) is 7.50. The van der Waals surface area contributed by atoms with Crippen molar-refractivity contribution in [2.45, 2.75) is 25.8 Å². The third-order valence-corrected chi connectivity index (χ3v) is 5.44. The highest BCUT2D eigenvalue weighted by molar-refractivity contribution is 5.95. The average Bonchev–Trinajstić information content (AvgIpc) is 3.24. The van der Waals surface area contributed by atoms with Crippen LogP contribution in [0.1, 0.15) is 31.4 Å². The van der Waals surface area contributed by atoms with E-state index in [1.807, 2.05) is 54.7 Å². The molecule has 1 N–H and O–H groups in total. The molecule has 0 aliphatic carbocycles. The summed E-state index contributed by atoms with van der Waals surface area (Å²) in [5.74, 6) is 0.710. The number of piperidine rings is 1. The monoisotopic (exact) mass is 374 g/mol. The summed E-state index contributed by atoms with van der Waals surface area (Å²) in [5, 5.41) is 7.33. The quantitative estimate of drug-likeness (QED) is 0.722. The molecule has 28 heavy (non-hydrogen) atoms. The van der Waals surface area contributed by atoms with Gasteiger partial charge in [-0.15, -0.1) is 0 Å². The molecule has 1 saturated heterocycles. The number of hydrogen-bond donors (Lipinski definition) is 1. The van der Waals surface area contributed by atoms with Crippen LogP contribution in [-0.2, 0) is 4.79 Å². The lowest BCUT2D eigenvalue weighted by Crippen LogP contribution is -2.32. The van der Waals surface area contributed by atoms with Crippen molar-refractivity contribution in [1.29, 1.82) is 0 Å². The summed E-state index contributed by atoms with van der Waals surface area (Å²) in [6.45, 7) is 4.52. The molecule has 0 spiro atoms. The SMILES string of the molecule is CC1CCN(c2ccc(NC(=O)C(c3ccccc3)n3cccn3)cc2)CC1. The minimum Gasteiger partial charge on any atom is -0.372 e. The van der Waals surface area contributed by atoms with Gasteiger partial charge in [0, 0.05) is 36.9 Å². The lowest BCUT2D eigenvalue weighted by atomic mass is 9.99. The van der Waals surface area contributed by atoms with E-state index in [2.05, 4.69) is 34.4 Å². The van der Waals surface area contributed by atoms with Crippen molar-refractivity contribution < 1.29 is 4.79 Å². The molecule has 2 heterocycles. The van der Waals surface area contributed by atoms with Crippen molar-refractivity contribution >= 4 is 17.3 Å². The van der Waals surface area contributed by atoms with Crippen molar-refractivity contribution in [3.05, 3.63) is 78.6 Å². The zero-order chi connectivity index (χ0) is 19.3. The standard InChI is InChI=1S/C23H26N4O/c1-18-12-16-26(17-13-18)21-10-8-20(9-11-21)25-23(28)22(27-15-5-14-24-27)19-6-3-2-4-7-19/h2-11,14-15,18,22H,12-13,16-17H2,1H3,(H,25,28). The molecule has 2 aromatic carbocycles. The third kappa shape index (κ3) is 4.09. The Kier molecular flexibility index (Phi) is 5.42. The number of aromatic nitrogens is 2. The lowest BCUT2D eigenvalue weighted by molar-refractivity contribution is -0.118. The topological polar surface area (TPSA) is 50.2 Å². The number of carbonyl (C=O) groups excluding carboxylic acids is 1. The van der Waals surface area contributed by atoms with Crippen molar-refractivity contribution in [3.8, 4) is 0 Å². The molecule has 1 amide bonds. The van der Waals surface area contributed by atoms with Gasteiger partial charge in [0.05, 0.1) is 0 Å². The molecule has 5 heteroatoms. The maximum absolute atomic E-state index is 13.1. The summed E-state index contributed by atoms with van der Waals surface area (Å²) in [4.78, 5) is 15.5. The molecule has 3 aromatic rings. The van der Waals surface area contributed by atoms with Gasteiger partial charge < -0.3 is 10.2 Å². The number of amides is 1. The van der Waals surface area contributed by atoms with E-state index in [4.69, 9.17) is 0 Å². The van der Waals surface area contributed by atoms with Crippen LogP contribution >= 0.6 is 0 Å². The summed E-state index contributed by atoms with van der Waals surface area (Å²) < 4.78 is 1.69. The maximum atomic E-state index is 13.1. The lowest BCUT2D eigenvalue weighted by Gasteiger charge is -2.32. The number of benzene rings is 2. The third-order valence-electron chi connectivity index (χ3n) is 5.44. The highest BCUT2D eigenvalue weighted by Crippen LogP contribution is 2.25. The van der Waals surface area contributed by atoms with Crippen LogP contribution in [0.3, 0.4) is 0 Å². The summed E-state index contributed by atoms with van der Waals surface area (Å²) in [5.41, 5.74) is 2.92. The molecule has 144 valence electrons. The van der Waals surface area contributed by atoms with E-state index >= 15 is 0 Å². The molecule has 1 aliphatic heterocycles. The van der Waals surface area contributed by atoms with Crippen LogP contribution in [0.5, 0.6) is 0 Å². The second kappa shape index (κ2) is 8.30. The fourth-order valence-electron chi connectivity index (χ4n) is 3.73. The Hall–Kier alpha value is -3.08. The number of nitrogens with one attached hydrogen (secondary N) is 1. The smallest absolute Gasteiger partial charge is 0.253 e. The number of anilines is 2. The fraction of sp³-hybridized carbons (Fsp3) is 0.304. The van der Waals surface area contributed by atoms with Crippen molar-refractivity contribution in [2.24, 2.45) is 5.92 Å². The predicted molar refractivity (Wildman–Crippen MR) is 112 cm³/mol. The highest BCUT2D eigenvalue weighted by atomic mass is 16.2. The zero-order valence-corrected chi connectivity index (χ0v) is 16.2. The largest absolute Gasteiger partial charge is 0.372 e. The van der Waals surface area contributed by atoms with Gasteiger partial charge in [0.25, 0.3) is 5.91 Å². The van der Waals surface area contributed by atoms with E-state index in [0.717, 1.165) is 30.3 Å². The van der Waals surface area contributed by atoms with Gasteiger partial charge in [-0.25, -0.2) is 0 Å². The molecule has 0 saturated carbocycles. The molecule has 4 rings (SSSR count). The normalized spacial score (nSPS) is 16.0. The summed E-state index contributed by atoms with van der Waals surface area (Å²) in [6, 6.07) is 19.2. The van der Waals surface area contributed by atoms with Crippen LogP contribution in [0.25, 0.3) is 0 Å². The molecule has 0 radical (unpaired) electrons. The number of nitrogens with zero attached hydrogens (tertiary/aromatic N) is 3. The van der Waals surface area contributed by atoms with Gasteiger partial charge in [0.2, 0.25) is 0 Å². The second-order valence-electron chi connectivity index (χ2n) is 7.50. The van der Waals surface area contributed by atoms with Crippen LogP contribution in [0.4, 0.5) is 11.4 Å². The molecule has 1 aliphatic rings. The van der Waals surface area contributed by atoms with Gasteiger partial charge in [-0.1, -0.05) is 37.3 Å². The molecular weight excluding hydrogens is 348 g/mol. The van der Waals surface area contributed by atoms with Crippen LogP contribution in [0.2, 0.25) is 0 Å². The number of carbonyl (C=O) groups is 1. The molecule has 5 nitrogen and oxygen atoms in total. The molecule has 0 bridgehead atoms. The first-order valence-corrected chi connectivity index (χ1v) is 9.90. The molecule has 1 aromatic heterocycles. The van der Waals surface area contributed by atoms with Gasteiger partial charge in [0.1, 0.15) is 0 Å². The zero-order valence-electron chi connectivity index (χ0n) is 16.2. The van der Waals surface area contributed by atoms with E-state index in [1.54, 1.807) is 10.9 Å². The van der Waals surface area contributed by atoms with E-state index in [0.29, 0.717) is 0 Å². The van der Waals surface area contributed by atoms with Gasteiger partial charge in [-0.05, 0) is 54.7 Å². The summed E-state index contributed by atoms with van der Waals surface area (Å²) >= 11 is 0. The highest BCUT2D eigenvalue weighted by Gasteiger charge is 2.23.